The third-order valence-electron chi connectivity index (χ3n) is 5.42. The summed E-state index contributed by atoms with van der Waals surface area (Å²) in [5.41, 5.74) is 2.89. The molecule has 4 rings (SSSR count). The zero-order chi connectivity index (χ0) is 21.8. The van der Waals surface area contributed by atoms with Gasteiger partial charge in [-0.15, -0.1) is 0 Å². The van der Waals surface area contributed by atoms with Crippen LogP contribution in [0.25, 0.3) is 0 Å². The lowest BCUT2D eigenvalue weighted by atomic mass is 10.0. The first-order valence-electron chi connectivity index (χ1n) is 10.5. The van der Waals surface area contributed by atoms with Gasteiger partial charge in [0.1, 0.15) is 18.0 Å². The summed E-state index contributed by atoms with van der Waals surface area (Å²) in [6, 6.07) is 16.2. The van der Waals surface area contributed by atoms with E-state index in [4.69, 9.17) is 4.74 Å². The van der Waals surface area contributed by atoms with Crippen molar-refractivity contribution in [2.45, 2.75) is 32.6 Å². The third-order valence-corrected chi connectivity index (χ3v) is 5.42. The van der Waals surface area contributed by atoms with Gasteiger partial charge in [-0.25, -0.2) is 4.39 Å². The molecule has 0 spiro atoms. The Balaban J connectivity index is 1.47. The standard InChI is InChI=1S/C25H25FN2O3/c1-17-7-12-23(31-16-18-8-9-18)22(25(17)26)13-19-10-11-21(28(30)15-19)14-24(29)27-20-5-3-2-4-6-20/h2-7,10-12,15,18H,8-9,13-14,16H2,1H3,(H-,27,29,30)/p+1. The maximum atomic E-state index is 14.8. The molecule has 0 aliphatic heterocycles. The van der Waals surface area contributed by atoms with E-state index in [1.54, 1.807) is 37.3 Å². The number of pyridine rings is 1. The van der Waals surface area contributed by atoms with Crippen LogP contribution in [0.15, 0.2) is 60.8 Å². The lowest BCUT2D eigenvalue weighted by molar-refractivity contribution is -0.909. The zero-order valence-electron chi connectivity index (χ0n) is 17.5. The van der Waals surface area contributed by atoms with Gasteiger partial charge in [0.05, 0.1) is 6.61 Å². The summed E-state index contributed by atoms with van der Waals surface area (Å²) in [6.07, 6.45) is 4.13. The minimum absolute atomic E-state index is 0.0141. The number of nitrogens with zero attached hydrogens (tertiary/aromatic N) is 1. The predicted octanol–water partition coefficient (Wildman–Crippen LogP) is 4.22. The van der Waals surface area contributed by atoms with E-state index in [-0.39, 0.29) is 24.6 Å². The number of para-hydroxylation sites is 1. The van der Waals surface area contributed by atoms with Crippen LogP contribution < -0.4 is 14.8 Å². The maximum absolute atomic E-state index is 14.8. The van der Waals surface area contributed by atoms with Crippen LogP contribution in [-0.2, 0) is 17.6 Å². The Morgan fingerprint density at radius 1 is 1.16 bits per heavy atom. The highest BCUT2D eigenvalue weighted by molar-refractivity contribution is 5.91. The number of carbonyl (C=O) groups is 1. The van der Waals surface area contributed by atoms with E-state index < -0.39 is 0 Å². The number of rotatable bonds is 8. The molecule has 6 heteroatoms. The number of aryl methyl sites for hydroxylation is 1. The molecule has 2 aromatic carbocycles. The molecule has 1 amide bonds. The molecule has 0 saturated heterocycles. The molecule has 1 saturated carbocycles. The fraction of sp³-hybridized carbons (Fsp3) is 0.280. The van der Waals surface area contributed by atoms with Gasteiger partial charge < -0.3 is 10.1 Å². The largest absolute Gasteiger partial charge is 0.493 e. The molecule has 31 heavy (non-hydrogen) atoms. The van der Waals surface area contributed by atoms with E-state index >= 15 is 0 Å². The van der Waals surface area contributed by atoms with E-state index in [0.29, 0.717) is 40.8 Å². The summed E-state index contributed by atoms with van der Waals surface area (Å²) < 4.78 is 21.6. The Labute approximate surface area is 181 Å². The highest BCUT2D eigenvalue weighted by Gasteiger charge is 2.24. The Bertz CT molecular complexity index is 1080. The molecule has 1 aliphatic rings. The Morgan fingerprint density at radius 2 is 1.94 bits per heavy atom. The summed E-state index contributed by atoms with van der Waals surface area (Å²) in [7, 11) is 0. The SMILES string of the molecule is Cc1ccc(OCC2CC2)c(Cc2ccc(CC(=O)Nc3ccccc3)[n+](O)c2)c1F. The monoisotopic (exact) mass is 421 g/mol. The third kappa shape index (κ3) is 5.40. The molecule has 1 heterocycles. The van der Waals surface area contributed by atoms with E-state index in [1.165, 1.54) is 6.20 Å². The number of amides is 1. The predicted molar refractivity (Wildman–Crippen MR) is 115 cm³/mol. The summed E-state index contributed by atoms with van der Waals surface area (Å²) in [5.74, 6) is 0.593. The fourth-order valence-corrected chi connectivity index (χ4v) is 3.42. The fourth-order valence-electron chi connectivity index (χ4n) is 3.42. The first-order valence-corrected chi connectivity index (χ1v) is 10.5. The van der Waals surface area contributed by atoms with Crippen molar-refractivity contribution >= 4 is 11.6 Å². The van der Waals surface area contributed by atoms with Gasteiger partial charge in [-0.1, -0.05) is 24.3 Å². The number of hydrogen-bond acceptors (Lipinski definition) is 3. The molecule has 1 fully saturated rings. The molecule has 5 nitrogen and oxygen atoms in total. The van der Waals surface area contributed by atoms with E-state index in [0.717, 1.165) is 23.1 Å². The first-order chi connectivity index (χ1) is 15.0. The molecule has 1 aromatic heterocycles. The van der Waals surface area contributed by atoms with Crippen LogP contribution in [0.1, 0.15) is 35.2 Å². The van der Waals surface area contributed by atoms with Crippen molar-refractivity contribution in [3.8, 4) is 5.75 Å². The van der Waals surface area contributed by atoms with Gasteiger partial charge in [0.2, 0.25) is 17.8 Å². The molecule has 160 valence electrons. The number of ether oxygens (including phenoxy) is 1. The van der Waals surface area contributed by atoms with Crippen molar-refractivity contribution in [3.05, 3.63) is 89.0 Å². The molecular weight excluding hydrogens is 395 g/mol. The Hall–Kier alpha value is -3.41. The summed E-state index contributed by atoms with van der Waals surface area (Å²) in [4.78, 5) is 12.3. The van der Waals surface area contributed by atoms with Crippen molar-refractivity contribution in [2.75, 3.05) is 11.9 Å². The van der Waals surface area contributed by atoms with E-state index in [2.05, 4.69) is 5.32 Å². The molecule has 0 radical (unpaired) electrons. The van der Waals surface area contributed by atoms with E-state index in [9.17, 15) is 14.4 Å². The quantitative estimate of drug-likeness (QED) is 0.423. The minimum atomic E-state index is -0.288. The van der Waals surface area contributed by atoms with Crippen molar-refractivity contribution in [2.24, 2.45) is 5.92 Å². The normalized spacial score (nSPS) is 13.1. The number of nitrogens with one attached hydrogen (secondary N) is 1. The van der Waals surface area contributed by atoms with Gasteiger partial charge in [0.15, 0.2) is 0 Å². The molecule has 2 N–H and O–H groups in total. The van der Waals surface area contributed by atoms with Crippen LogP contribution in [0.2, 0.25) is 0 Å². The molecule has 0 bridgehead atoms. The van der Waals surface area contributed by atoms with Crippen LogP contribution in [-0.4, -0.2) is 17.7 Å². The highest BCUT2D eigenvalue weighted by atomic mass is 19.1. The molecular formula is C25H26FN2O3+. The number of anilines is 1. The molecule has 3 aromatic rings. The summed E-state index contributed by atoms with van der Waals surface area (Å²) in [6.45, 7) is 2.33. The van der Waals surface area contributed by atoms with Gasteiger partial charge in [-0.3, -0.25) is 10.0 Å². The summed E-state index contributed by atoms with van der Waals surface area (Å²) >= 11 is 0. The van der Waals surface area contributed by atoms with Crippen molar-refractivity contribution < 1.29 is 23.9 Å². The van der Waals surface area contributed by atoms with Crippen LogP contribution in [0, 0.1) is 18.7 Å². The van der Waals surface area contributed by atoms with Crippen molar-refractivity contribution in [3.63, 3.8) is 0 Å². The lowest BCUT2D eigenvalue weighted by Gasteiger charge is -2.13. The van der Waals surface area contributed by atoms with E-state index in [1.807, 2.05) is 24.3 Å². The van der Waals surface area contributed by atoms with Gasteiger partial charge in [0, 0.05) is 34.0 Å². The van der Waals surface area contributed by atoms with Gasteiger partial charge in [0.25, 0.3) is 0 Å². The smallest absolute Gasteiger partial charge is 0.243 e. The van der Waals surface area contributed by atoms with Gasteiger partial charge >= 0.3 is 0 Å². The number of hydrogen-bond donors (Lipinski definition) is 2. The average molecular weight is 421 g/mol. The Morgan fingerprint density at radius 3 is 2.65 bits per heavy atom. The Kier molecular flexibility index (Phi) is 6.16. The number of halogens is 1. The number of carbonyl (C=O) groups excluding carboxylic acids is 1. The van der Waals surface area contributed by atoms with Crippen molar-refractivity contribution in [1.82, 2.24) is 0 Å². The molecule has 0 atom stereocenters. The highest BCUT2D eigenvalue weighted by Crippen LogP contribution is 2.32. The van der Waals surface area contributed by atoms with Crippen LogP contribution >= 0.6 is 0 Å². The second kappa shape index (κ2) is 9.16. The lowest BCUT2D eigenvalue weighted by Crippen LogP contribution is -2.37. The zero-order valence-corrected chi connectivity index (χ0v) is 17.5. The van der Waals surface area contributed by atoms with Crippen LogP contribution in [0.4, 0.5) is 10.1 Å². The second-order valence-corrected chi connectivity index (χ2v) is 8.07. The van der Waals surface area contributed by atoms with Gasteiger partial charge in [-0.05, 0) is 55.5 Å². The van der Waals surface area contributed by atoms with Crippen LogP contribution in [0.5, 0.6) is 5.75 Å². The summed E-state index contributed by atoms with van der Waals surface area (Å²) in [5, 5.41) is 13.2. The maximum Gasteiger partial charge on any atom is 0.243 e. The van der Waals surface area contributed by atoms with Gasteiger partial charge in [-0.2, -0.15) is 0 Å². The topological polar surface area (TPSA) is 62.4 Å². The number of aromatic nitrogens is 1. The first kappa shape index (κ1) is 20.8. The van der Waals surface area contributed by atoms with Crippen LogP contribution in [0.3, 0.4) is 0 Å². The number of benzene rings is 2. The molecule has 1 aliphatic carbocycles. The second-order valence-electron chi connectivity index (χ2n) is 8.07. The van der Waals surface area contributed by atoms with Crippen molar-refractivity contribution in [1.29, 1.82) is 0 Å². The average Bonchev–Trinajstić information content (AvgIpc) is 3.58. The minimum Gasteiger partial charge on any atom is -0.493 e. The molecule has 0 unspecified atom stereocenters.